The predicted octanol–water partition coefficient (Wildman–Crippen LogP) is 4.32. The van der Waals surface area contributed by atoms with Crippen LogP contribution in [0.15, 0.2) is 36.5 Å². The molecular weight excluding hydrogens is 322 g/mol. The van der Waals surface area contributed by atoms with Crippen LogP contribution in [0.25, 0.3) is 11.3 Å². The van der Waals surface area contributed by atoms with Crippen molar-refractivity contribution in [2.75, 3.05) is 5.32 Å². The number of hydrogen-bond donors (Lipinski definition) is 1. The molecule has 1 aromatic carbocycles. The van der Waals surface area contributed by atoms with E-state index in [0.717, 1.165) is 33.2 Å². The summed E-state index contributed by atoms with van der Waals surface area (Å²) in [5, 5.41) is 8.53. The quantitative estimate of drug-likeness (QED) is 0.767. The molecule has 0 bridgehead atoms. The van der Waals surface area contributed by atoms with Gasteiger partial charge in [0.05, 0.1) is 17.4 Å². The Morgan fingerprint density at radius 1 is 1.12 bits per heavy atom. The molecule has 0 saturated heterocycles. The summed E-state index contributed by atoms with van der Waals surface area (Å²) >= 11 is 5.94. The molecule has 2 heterocycles. The molecule has 0 saturated carbocycles. The van der Waals surface area contributed by atoms with Crippen LogP contribution in [0, 0.1) is 13.8 Å². The third-order valence-corrected chi connectivity index (χ3v) is 4.39. The van der Waals surface area contributed by atoms with Gasteiger partial charge in [-0.25, -0.2) is 9.97 Å². The molecule has 0 aliphatic heterocycles. The third-order valence-electron chi connectivity index (χ3n) is 4.14. The van der Waals surface area contributed by atoms with Gasteiger partial charge in [0.2, 0.25) is 5.95 Å². The highest BCUT2D eigenvalue weighted by atomic mass is 35.5. The van der Waals surface area contributed by atoms with Gasteiger partial charge in [-0.15, -0.1) is 0 Å². The average Bonchev–Trinajstić information content (AvgIpc) is 2.81. The summed E-state index contributed by atoms with van der Waals surface area (Å²) in [6, 6.07) is 9.76. The van der Waals surface area contributed by atoms with Crippen LogP contribution in [0.4, 0.5) is 5.95 Å². The van der Waals surface area contributed by atoms with Gasteiger partial charge >= 0.3 is 0 Å². The zero-order valence-electron chi connectivity index (χ0n) is 14.2. The monoisotopic (exact) mass is 341 g/mol. The molecule has 0 amide bonds. The lowest BCUT2D eigenvalue weighted by Gasteiger charge is -2.15. The fraction of sp³-hybridized carbons (Fsp3) is 0.278. The molecule has 124 valence electrons. The van der Waals surface area contributed by atoms with Crippen LogP contribution in [-0.2, 0) is 7.05 Å². The van der Waals surface area contributed by atoms with Crippen molar-refractivity contribution in [3.63, 3.8) is 0 Å². The van der Waals surface area contributed by atoms with Gasteiger partial charge in [-0.2, -0.15) is 5.10 Å². The second kappa shape index (κ2) is 6.61. The highest BCUT2D eigenvalue weighted by Gasteiger charge is 2.14. The maximum absolute atomic E-state index is 5.94. The maximum atomic E-state index is 5.94. The Morgan fingerprint density at radius 3 is 2.46 bits per heavy atom. The van der Waals surface area contributed by atoms with E-state index in [9.17, 15) is 0 Å². The van der Waals surface area contributed by atoms with Gasteiger partial charge in [-0.1, -0.05) is 23.7 Å². The molecule has 0 unspecified atom stereocenters. The lowest BCUT2D eigenvalue weighted by Crippen LogP contribution is -2.09. The molecule has 24 heavy (non-hydrogen) atoms. The summed E-state index contributed by atoms with van der Waals surface area (Å²) in [5.41, 5.74) is 5.11. The Balaban J connectivity index is 1.87. The minimum absolute atomic E-state index is 0.0774. The van der Waals surface area contributed by atoms with Crippen molar-refractivity contribution >= 4 is 17.5 Å². The molecule has 3 aromatic rings. The Hall–Kier alpha value is -2.40. The Bertz CT molecular complexity index is 854. The Morgan fingerprint density at radius 2 is 1.83 bits per heavy atom. The Labute approximate surface area is 146 Å². The first-order valence-corrected chi connectivity index (χ1v) is 8.19. The normalized spacial score (nSPS) is 12.2. The molecule has 0 spiro atoms. The molecule has 2 aromatic heterocycles. The van der Waals surface area contributed by atoms with Gasteiger partial charge in [0.25, 0.3) is 0 Å². The molecule has 0 fully saturated rings. The largest absolute Gasteiger partial charge is 0.348 e. The first-order chi connectivity index (χ1) is 11.5. The highest BCUT2D eigenvalue weighted by molar-refractivity contribution is 6.30. The van der Waals surface area contributed by atoms with E-state index in [4.69, 9.17) is 11.6 Å². The van der Waals surface area contributed by atoms with Gasteiger partial charge < -0.3 is 5.32 Å². The fourth-order valence-electron chi connectivity index (χ4n) is 2.74. The summed E-state index contributed by atoms with van der Waals surface area (Å²) in [6.45, 7) is 6.11. The van der Waals surface area contributed by atoms with E-state index >= 15 is 0 Å². The number of nitrogens with zero attached hydrogens (tertiary/aromatic N) is 4. The second-order valence-corrected chi connectivity index (χ2v) is 6.29. The van der Waals surface area contributed by atoms with Gasteiger partial charge in [0.1, 0.15) is 0 Å². The van der Waals surface area contributed by atoms with E-state index in [1.807, 2.05) is 55.9 Å². The van der Waals surface area contributed by atoms with E-state index < -0.39 is 0 Å². The topological polar surface area (TPSA) is 55.6 Å². The zero-order valence-corrected chi connectivity index (χ0v) is 15.0. The summed E-state index contributed by atoms with van der Waals surface area (Å²) < 4.78 is 1.87. The predicted molar refractivity (Wildman–Crippen MR) is 97.2 cm³/mol. The van der Waals surface area contributed by atoms with Crippen LogP contribution >= 0.6 is 11.6 Å². The molecule has 6 heteroatoms. The van der Waals surface area contributed by atoms with E-state index in [2.05, 4.69) is 27.3 Å². The third kappa shape index (κ3) is 3.26. The van der Waals surface area contributed by atoms with E-state index in [1.54, 1.807) is 6.20 Å². The standard InChI is InChI=1S/C18H20ClN5/c1-11(14-5-7-15(19)8-6-14)21-18-20-10-9-16(22-18)17-12(2)23-24(4)13(17)3/h5-11H,1-4H3,(H,20,21,22)/t11-/m0/s1. The molecule has 0 radical (unpaired) electrons. The van der Waals surface area contributed by atoms with E-state index in [0.29, 0.717) is 5.95 Å². The number of benzene rings is 1. The molecule has 5 nitrogen and oxygen atoms in total. The summed E-state index contributed by atoms with van der Waals surface area (Å²) in [6.07, 6.45) is 1.77. The van der Waals surface area contributed by atoms with Crippen LogP contribution < -0.4 is 5.32 Å². The molecule has 1 atom stereocenters. The number of rotatable bonds is 4. The first-order valence-electron chi connectivity index (χ1n) is 7.81. The van der Waals surface area contributed by atoms with Crippen molar-refractivity contribution in [3.8, 4) is 11.3 Å². The zero-order chi connectivity index (χ0) is 17.3. The average molecular weight is 342 g/mol. The first kappa shape index (κ1) is 16.5. The van der Waals surface area contributed by atoms with Crippen molar-refractivity contribution < 1.29 is 0 Å². The van der Waals surface area contributed by atoms with Gasteiger partial charge in [0.15, 0.2) is 0 Å². The lowest BCUT2D eigenvalue weighted by molar-refractivity contribution is 0.731. The van der Waals surface area contributed by atoms with Gasteiger partial charge in [-0.3, -0.25) is 4.68 Å². The van der Waals surface area contributed by atoms with E-state index in [1.165, 1.54) is 0 Å². The smallest absolute Gasteiger partial charge is 0.223 e. The SMILES string of the molecule is Cc1nn(C)c(C)c1-c1ccnc(N[C@@H](C)c2ccc(Cl)cc2)n1. The summed E-state index contributed by atoms with van der Waals surface area (Å²) in [7, 11) is 1.94. The Kier molecular flexibility index (Phi) is 4.53. The number of aromatic nitrogens is 4. The molecule has 0 aliphatic rings. The molecule has 0 aliphatic carbocycles. The fourth-order valence-corrected chi connectivity index (χ4v) is 2.87. The van der Waals surface area contributed by atoms with Crippen LogP contribution in [-0.4, -0.2) is 19.7 Å². The number of hydrogen-bond acceptors (Lipinski definition) is 4. The van der Waals surface area contributed by atoms with Crippen LogP contribution in [0.5, 0.6) is 0 Å². The van der Waals surface area contributed by atoms with Crippen molar-refractivity contribution in [2.24, 2.45) is 7.05 Å². The highest BCUT2D eigenvalue weighted by Crippen LogP contribution is 2.26. The summed E-state index contributed by atoms with van der Waals surface area (Å²) in [5.74, 6) is 0.595. The number of anilines is 1. The molecule has 3 rings (SSSR count). The minimum Gasteiger partial charge on any atom is -0.348 e. The van der Waals surface area contributed by atoms with Crippen molar-refractivity contribution in [2.45, 2.75) is 26.8 Å². The number of halogens is 1. The van der Waals surface area contributed by atoms with Crippen LogP contribution in [0.1, 0.15) is 29.9 Å². The minimum atomic E-state index is 0.0774. The van der Waals surface area contributed by atoms with Crippen LogP contribution in [0.2, 0.25) is 5.02 Å². The van der Waals surface area contributed by atoms with Crippen molar-refractivity contribution in [3.05, 3.63) is 58.5 Å². The lowest BCUT2D eigenvalue weighted by atomic mass is 10.1. The van der Waals surface area contributed by atoms with Gasteiger partial charge in [0, 0.05) is 29.5 Å². The van der Waals surface area contributed by atoms with Gasteiger partial charge in [-0.05, 0) is 44.5 Å². The maximum Gasteiger partial charge on any atom is 0.223 e. The summed E-state index contributed by atoms with van der Waals surface area (Å²) in [4.78, 5) is 9.00. The second-order valence-electron chi connectivity index (χ2n) is 5.85. The van der Waals surface area contributed by atoms with E-state index in [-0.39, 0.29) is 6.04 Å². The van der Waals surface area contributed by atoms with Crippen molar-refractivity contribution in [1.82, 2.24) is 19.7 Å². The molecule has 1 N–H and O–H groups in total. The number of nitrogens with one attached hydrogen (secondary N) is 1. The number of aryl methyl sites for hydroxylation is 2. The van der Waals surface area contributed by atoms with Crippen molar-refractivity contribution in [1.29, 1.82) is 0 Å². The van der Waals surface area contributed by atoms with Crippen LogP contribution in [0.3, 0.4) is 0 Å². The molecular formula is C18H20ClN5.